The molecule has 1 heterocycles. The maximum Gasteiger partial charge on any atom is 0.330 e. The third kappa shape index (κ3) is 3.90. The minimum Gasteiger partial charge on any atom is -0.461 e. The van der Waals surface area contributed by atoms with Gasteiger partial charge in [-0.3, -0.25) is 9.59 Å². The molecule has 1 rings (SSSR count). The molecule has 1 saturated heterocycles. The van der Waals surface area contributed by atoms with Crippen molar-refractivity contribution in [3.05, 3.63) is 12.7 Å². The van der Waals surface area contributed by atoms with Gasteiger partial charge in [0.25, 0.3) is 5.91 Å². The summed E-state index contributed by atoms with van der Waals surface area (Å²) >= 11 is 0. The highest BCUT2D eigenvalue weighted by Crippen LogP contribution is 2.20. The second-order valence-electron chi connectivity index (χ2n) is 5.58. The van der Waals surface area contributed by atoms with Crippen molar-refractivity contribution < 1.29 is 19.1 Å². The predicted octanol–water partition coefficient (Wildman–Crippen LogP) is 0.131. The molecular weight excluding hydrogens is 260 g/mol. The van der Waals surface area contributed by atoms with E-state index in [0.29, 0.717) is 19.6 Å². The summed E-state index contributed by atoms with van der Waals surface area (Å²) in [4.78, 5) is 37.2. The van der Waals surface area contributed by atoms with Crippen LogP contribution < -0.4 is 5.32 Å². The zero-order chi connectivity index (χ0) is 15.3. The lowest BCUT2D eigenvalue weighted by Crippen LogP contribution is -2.56. The van der Waals surface area contributed by atoms with Crippen LogP contribution >= 0.6 is 0 Å². The van der Waals surface area contributed by atoms with E-state index in [-0.39, 0.29) is 12.6 Å². The third-order valence-corrected chi connectivity index (χ3v) is 3.31. The lowest BCUT2D eigenvalue weighted by molar-refractivity contribution is -0.155. The quantitative estimate of drug-likeness (QED) is 0.441. The minimum absolute atomic E-state index is 0.0216. The maximum atomic E-state index is 12.3. The van der Waals surface area contributed by atoms with E-state index < -0.39 is 23.1 Å². The lowest BCUT2D eigenvalue weighted by atomic mass is 9.88. The van der Waals surface area contributed by atoms with Crippen LogP contribution in [0.2, 0.25) is 0 Å². The lowest BCUT2D eigenvalue weighted by Gasteiger charge is -2.35. The highest BCUT2D eigenvalue weighted by molar-refractivity contribution is 6.38. The molecule has 1 amide bonds. The molecule has 0 aromatic rings. The Morgan fingerprint density at radius 2 is 2.10 bits per heavy atom. The number of nitrogens with one attached hydrogen (secondary N) is 1. The number of nitrogens with zero attached hydrogens (tertiary/aromatic N) is 1. The van der Waals surface area contributed by atoms with Crippen LogP contribution in [0.4, 0.5) is 0 Å². The van der Waals surface area contributed by atoms with Gasteiger partial charge in [-0.15, -0.1) is 0 Å². The molecule has 0 aliphatic carbocycles. The molecule has 0 aromatic carbocycles. The summed E-state index contributed by atoms with van der Waals surface area (Å²) in [5.41, 5.74) is -1.04. The monoisotopic (exact) mass is 282 g/mol. The average Bonchev–Trinajstić information content (AvgIpc) is 2.43. The van der Waals surface area contributed by atoms with Crippen LogP contribution in [-0.2, 0) is 19.1 Å². The second kappa shape index (κ2) is 6.65. The molecule has 1 unspecified atom stereocenters. The first-order chi connectivity index (χ1) is 9.29. The summed E-state index contributed by atoms with van der Waals surface area (Å²) in [6.45, 7) is 10.1. The largest absolute Gasteiger partial charge is 0.461 e. The molecule has 0 spiro atoms. The summed E-state index contributed by atoms with van der Waals surface area (Å²) in [6, 6.07) is -0.0216. The van der Waals surface area contributed by atoms with E-state index in [2.05, 4.69) is 11.9 Å². The standard InChI is InChI=1S/C14H22N2O4/c1-5-11(17)20-9-14(3,4)12(18)13(19)16-7-6-15-8-10(16)2/h5,10,15H,1,6-9H2,2-4H3. The number of ether oxygens (including phenoxy) is 1. The van der Waals surface area contributed by atoms with Gasteiger partial charge in [0, 0.05) is 31.8 Å². The predicted molar refractivity (Wildman–Crippen MR) is 74.0 cm³/mol. The number of piperazine rings is 1. The van der Waals surface area contributed by atoms with E-state index in [1.54, 1.807) is 18.7 Å². The minimum atomic E-state index is -1.04. The number of carbonyl (C=O) groups excluding carboxylic acids is 3. The van der Waals surface area contributed by atoms with Gasteiger partial charge < -0.3 is 15.0 Å². The van der Waals surface area contributed by atoms with Gasteiger partial charge in [-0.1, -0.05) is 6.58 Å². The summed E-state index contributed by atoms with van der Waals surface area (Å²) in [6.07, 6.45) is 1.03. The van der Waals surface area contributed by atoms with E-state index in [0.717, 1.165) is 6.08 Å². The molecule has 0 bridgehead atoms. The maximum absolute atomic E-state index is 12.3. The van der Waals surface area contributed by atoms with Crippen molar-refractivity contribution in [2.75, 3.05) is 26.2 Å². The van der Waals surface area contributed by atoms with Crippen LogP contribution in [-0.4, -0.2) is 54.8 Å². The fraction of sp³-hybridized carbons (Fsp3) is 0.643. The fourth-order valence-electron chi connectivity index (χ4n) is 1.94. The molecule has 6 heteroatoms. The van der Waals surface area contributed by atoms with Crippen molar-refractivity contribution in [2.24, 2.45) is 5.41 Å². The number of rotatable bonds is 5. The molecule has 6 nitrogen and oxygen atoms in total. The number of hydrogen-bond donors (Lipinski definition) is 1. The van der Waals surface area contributed by atoms with E-state index in [1.165, 1.54) is 0 Å². The van der Waals surface area contributed by atoms with E-state index in [1.807, 2.05) is 6.92 Å². The van der Waals surface area contributed by atoms with Crippen molar-refractivity contribution in [1.29, 1.82) is 0 Å². The van der Waals surface area contributed by atoms with Gasteiger partial charge >= 0.3 is 5.97 Å². The molecule has 1 aliphatic rings. The summed E-state index contributed by atoms with van der Waals surface area (Å²) in [5, 5.41) is 3.16. The Bertz CT molecular complexity index is 417. The number of amides is 1. The van der Waals surface area contributed by atoms with Gasteiger partial charge in [0.15, 0.2) is 0 Å². The van der Waals surface area contributed by atoms with Gasteiger partial charge in [0.2, 0.25) is 5.78 Å². The van der Waals surface area contributed by atoms with Crippen LogP contribution in [0.1, 0.15) is 20.8 Å². The van der Waals surface area contributed by atoms with Crippen molar-refractivity contribution in [2.45, 2.75) is 26.8 Å². The summed E-state index contributed by atoms with van der Waals surface area (Å²) < 4.78 is 4.88. The SMILES string of the molecule is C=CC(=O)OCC(C)(C)C(=O)C(=O)N1CCNCC1C. The van der Waals surface area contributed by atoms with Crippen LogP contribution in [0.3, 0.4) is 0 Å². The van der Waals surface area contributed by atoms with Crippen LogP contribution in [0.15, 0.2) is 12.7 Å². The Labute approximate surface area is 119 Å². The number of hydrogen-bond acceptors (Lipinski definition) is 5. The van der Waals surface area contributed by atoms with Crippen molar-refractivity contribution >= 4 is 17.7 Å². The Morgan fingerprint density at radius 1 is 1.45 bits per heavy atom. The van der Waals surface area contributed by atoms with Gasteiger partial charge in [0.05, 0.1) is 5.41 Å². The molecule has 0 radical (unpaired) electrons. The molecule has 1 fully saturated rings. The highest BCUT2D eigenvalue weighted by Gasteiger charge is 2.38. The molecule has 20 heavy (non-hydrogen) atoms. The number of ketones is 1. The topological polar surface area (TPSA) is 75.7 Å². The molecule has 0 aromatic heterocycles. The molecule has 1 N–H and O–H groups in total. The first kappa shape index (κ1) is 16.4. The second-order valence-corrected chi connectivity index (χ2v) is 5.58. The summed E-state index contributed by atoms with van der Waals surface area (Å²) in [7, 11) is 0. The van der Waals surface area contributed by atoms with Crippen LogP contribution in [0.5, 0.6) is 0 Å². The Morgan fingerprint density at radius 3 is 2.65 bits per heavy atom. The smallest absolute Gasteiger partial charge is 0.330 e. The molecule has 1 aliphatic heterocycles. The van der Waals surface area contributed by atoms with Gasteiger partial charge in [-0.2, -0.15) is 0 Å². The molecule has 112 valence electrons. The van der Waals surface area contributed by atoms with Gasteiger partial charge in [0.1, 0.15) is 6.61 Å². The average molecular weight is 282 g/mol. The normalized spacial score (nSPS) is 19.4. The third-order valence-electron chi connectivity index (χ3n) is 3.31. The zero-order valence-electron chi connectivity index (χ0n) is 12.3. The molecular formula is C14H22N2O4. The zero-order valence-corrected chi connectivity index (χ0v) is 12.3. The van der Waals surface area contributed by atoms with E-state index >= 15 is 0 Å². The molecule has 1 atom stereocenters. The number of carbonyl (C=O) groups is 3. The van der Waals surface area contributed by atoms with Crippen LogP contribution in [0, 0.1) is 5.41 Å². The Balaban J connectivity index is 2.68. The Kier molecular flexibility index (Phi) is 5.44. The number of esters is 1. The summed E-state index contributed by atoms with van der Waals surface area (Å²) in [5.74, 6) is -1.66. The van der Waals surface area contributed by atoms with Crippen molar-refractivity contribution in [1.82, 2.24) is 10.2 Å². The van der Waals surface area contributed by atoms with E-state index in [4.69, 9.17) is 4.74 Å². The first-order valence-corrected chi connectivity index (χ1v) is 6.65. The fourth-order valence-corrected chi connectivity index (χ4v) is 1.94. The van der Waals surface area contributed by atoms with Crippen molar-refractivity contribution in [3.63, 3.8) is 0 Å². The van der Waals surface area contributed by atoms with E-state index in [9.17, 15) is 14.4 Å². The molecule has 0 saturated carbocycles. The van der Waals surface area contributed by atoms with Gasteiger partial charge in [-0.25, -0.2) is 4.79 Å². The highest BCUT2D eigenvalue weighted by atomic mass is 16.5. The Hall–Kier alpha value is -1.69. The van der Waals surface area contributed by atoms with Crippen molar-refractivity contribution in [3.8, 4) is 0 Å². The first-order valence-electron chi connectivity index (χ1n) is 6.65. The van der Waals surface area contributed by atoms with Gasteiger partial charge in [-0.05, 0) is 20.8 Å². The van der Waals surface area contributed by atoms with Crippen LogP contribution in [0.25, 0.3) is 0 Å². The number of Topliss-reactive ketones (excluding diaryl/α,β-unsaturated/α-hetero) is 1.